The molecule has 0 bridgehead atoms. The van der Waals surface area contributed by atoms with Crippen molar-refractivity contribution in [2.75, 3.05) is 13.1 Å². The Bertz CT molecular complexity index is 1100. The summed E-state index contributed by atoms with van der Waals surface area (Å²) in [5, 5.41) is 8.45. The summed E-state index contributed by atoms with van der Waals surface area (Å²) >= 11 is 0. The van der Waals surface area contributed by atoms with E-state index in [0.29, 0.717) is 0 Å². The minimum absolute atomic E-state index is 0.0458. The van der Waals surface area contributed by atoms with Gasteiger partial charge in [-0.15, -0.1) is 0 Å². The summed E-state index contributed by atoms with van der Waals surface area (Å²) in [5.41, 5.74) is 7.62. The molecule has 1 N–H and O–H groups in total. The molecule has 5 nitrogen and oxygen atoms in total. The monoisotopic (exact) mass is 374 g/mol. The van der Waals surface area contributed by atoms with E-state index in [9.17, 15) is 4.79 Å². The molecule has 28 heavy (non-hydrogen) atoms. The van der Waals surface area contributed by atoms with E-state index in [0.717, 1.165) is 66.5 Å². The fourth-order valence-corrected chi connectivity index (χ4v) is 5.18. The topological polar surface area (TPSA) is 61.9 Å². The van der Waals surface area contributed by atoms with Crippen LogP contribution in [0.25, 0.3) is 10.9 Å². The van der Waals surface area contributed by atoms with Crippen molar-refractivity contribution in [2.24, 2.45) is 0 Å². The van der Waals surface area contributed by atoms with Gasteiger partial charge in [0.15, 0.2) is 0 Å². The summed E-state index contributed by atoms with van der Waals surface area (Å²) < 4.78 is 0. The molecule has 144 valence electrons. The average molecular weight is 374 g/mol. The molecule has 1 saturated heterocycles. The number of nitrogens with zero attached hydrogens (tertiary/aromatic N) is 3. The first-order valence-electron chi connectivity index (χ1n) is 10.2. The highest BCUT2D eigenvalue weighted by molar-refractivity contribution is 6.07. The number of hydrogen-bond acceptors (Lipinski definition) is 3. The van der Waals surface area contributed by atoms with E-state index >= 15 is 0 Å². The van der Waals surface area contributed by atoms with Gasteiger partial charge in [-0.3, -0.25) is 14.9 Å². The SMILES string of the molecule is Cc1cc(C(=O)N2CCCC3(CCc4cn[nH]c43)C2)c2ccc(C)c(C)c2n1. The quantitative estimate of drug-likeness (QED) is 0.700. The van der Waals surface area contributed by atoms with Crippen LogP contribution in [0.4, 0.5) is 0 Å². The van der Waals surface area contributed by atoms with E-state index < -0.39 is 0 Å². The number of benzene rings is 1. The van der Waals surface area contributed by atoms with E-state index in [1.807, 2.05) is 19.2 Å². The average Bonchev–Trinajstić information content (AvgIpc) is 3.29. The van der Waals surface area contributed by atoms with Crippen LogP contribution >= 0.6 is 0 Å². The molecule has 1 unspecified atom stereocenters. The molecule has 5 heteroatoms. The molecular weight excluding hydrogens is 348 g/mol. The summed E-state index contributed by atoms with van der Waals surface area (Å²) in [5.74, 6) is 0.130. The van der Waals surface area contributed by atoms with E-state index in [1.54, 1.807) is 0 Å². The van der Waals surface area contributed by atoms with E-state index in [-0.39, 0.29) is 11.3 Å². The number of piperidine rings is 1. The largest absolute Gasteiger partial charge is 0.338 e. The molecule has 1 amide bonds. The van der Waals surface area contributed by atoms with E-state index in [4.69, 9.17) is 4.98 Å². The fourth-order valence-electron chi connectivity index (χ4n) is 5.18. The molecule has 1 atom stereocenters. The molecule has 2 aliphatic rings. The van der Waals surface area contributed by atoms with Crippen LogP contribution < -0.4 is 0 Å². The molecular formula is C23H26N4O. The molecule has 3 aromatic rings. The van der Waals surface area contributed by atoms with Gasteiger partial charge in [-0.05, 0) is 69.2 Å². The van der Waals surface area contributed by atoms with Crippen molar-refractivity contribution in [1.82, 2.24) is 20.1 Å². The van der Waals surface area contributed by atoms with Crippen LogP contribution in [0.15, 0.2) is 24.4 Å². The number of nitrogens with one attached hydrogen (secondary N) is 1. The fraction of sp³-hybridized carbons (Fsp3) is 0.435. The molecule has 1 aromatic carbocycles. The number of rotatable bonds is 1. The van der Waals surface area contributed by atoms with Gasteiger partial charge in [0.1, 0.15) is 0 Å². The van der Waals surface area contributed by atoms with Crippen molar-refractivity contribution in [3.8, 4) is 0 Å². The Balaban J connectivity index is 1.55. The summed E-state index contributed by atoms with van der Waals surface area (Å²) in [6.45, 7) is 7.75. The summed E-state index contributed by atoms with van der Waals surface area (Å²) in [7, 11) is 0. The van der Waals surface area contributed by atoms with E-state index in [1.165, 1.54) is 16.8 Å². The number of carbonyl (C=O) groups excluding carboxylic acids is 1. The van der Waals surface area contributed by atoms with Crippen LogP contribution in [0.3, 0.4) is 0 Å². The van der Waals surface area contributed by atoms with Crippen LogP contribution in [-0.4, -0.2) is 39.1 Å². The first-order chi connectivity index (χ1) is 13.5. The van der Waals surface area contributed by atoms with Gasteiger partial charge < -0.3 is 4.90 Å². The van der Waals surface area contributed by atoms with Crippen molar-refractivity contribution < 1.29 is 4.79 Å². The number of fused-ring (bicyclic) bond motifs is 3. The number of aryl methyl sites for hydroxylation is 4. The lowest BCUT2D eigenvalue weighted by molar-refractivity contribution is 0.0634. The van der Waals surface area contributed by atoms with Crippen LogP contribution in [-0.2, 0) is 11.8 Å². The Morgan fingerprint density at radius 1 is 1.21 bits per heavy atom. The van der Waals surface area contributed by atoms with Gasteiger partial charge in [-0.1, -0.05) is 12.1 Å². The molecule has 1 aliphatic carbocycles. The summed E-state index contributed by atoms with van der Waals surface area (Å²) in [4.78, 5) is 20.4. The first kappa shape index (κ1) is 17.4. The lowest BCUT2D eigenvalue weighted by Crippen LogP contribution is -2.47. The Morgan fingerprint density at radius 2 is 2.07 bits per heavy atom. The standard InChI is InChI=1S/C23H26N4O/c1-14-5-6-18-19(11-15(2)25-20(18)16(14)3)22(28)27-10-4-8-23(13-27)9-7-17-12-24-26-21(17)23/h5-6,11-12H,4,7-10,13H2,1-3H3,(H,24,26). The Labute approximate surface area is 165 Å². The van der Waals surface area contributed by atoms with Gasteiger partial charge in [0.05, 0.1) is 17.3 Å². The highest BCUT2D eigenvalue weighted by Crippen LogP contribution is 2.44. The molecule has 1 fully saturated rings. The van der Waals surface area contributed by atoms with Crippen LogP contribution in [0.2, 0.25) is 0 Å². The molecule has 2 aromatic heterocycles. The zero-order valence-corrected chi connectivity index (χ0v) is 16.8. The highest BCUT2D eigenvalue weighted by atomic mass is 16.2. The van der Waals surface area contributed by atoms with Crippen molar-refractivity contribution in [3.05, 3.63) is 58.0 Å². The second kappa shape index (κ2) is 6.16. The number of likely N-dealkylation sites (tertiary alicyclic amines) is 1. The second-order valence-electron chi connectivity index (χ2n) is 8.60. The van der Waals surface area contributed by atoms with Crippen LogP contribution in [0, 0.1) is 20.8 Å². The third-order valence-corrected chi connectivity index (χ3v) is 6.85. The molecule has 0 saturated carbocycles. The number of aromatic amines is 1. The zero-order chi connectivity index (χ0) is 19.5. The normalized spacial score (nSPS) is 21.5. The van der Waals surface area contributed by atoms with Crippen molar-refractivity contribution in [2.45, 2.75) is 51.9 Å². The maximum atomic E-state index is 13.6. The molecule has 5 rings (SSSR count). The predicted molar refractivity (Wildman–Crippen MR) is 110 cm³/mol. The third-order valence-electron chi connectivity index (χ3n) is 6.85. The third kappa shape index (κ3) is 2.49. The maximum absolute atomic E-state index is 13.6. The summed E-state index contributed by atoms with van der Waals surface area (Å²) in [6.07, 6.45) is 6.28. The molecule has 0 radical (unpaired) electrons. The van der Waals surface area contributed by atoms with Crippen LogP contribution in [0.5, 0.6) is 0 Å². The highest BCUT2D eigenvalue weighted by Gasteiger charge is 2.44. The zero-order valence-electron chi connectivity index (χ0n) is 16.8. The van der Waals surface area contributed by atoms with Gasteiger partial charge in [0.2, 0.25) is 0 Å². The Morgan fingerprint density at radius 3 is 2.93 bits per heavy atom. The van der Waals surface area contributed by atoms with Gasteiger partial charge >= 0.3 is 0 Å². The first-order valence-corrected chi connectivity index (χ1v) is 10.2. The number of aromatic nitrogens is 3. The smallest absolute Gasteiger partial charge is 0.254 e. The molecule has 1 spiro atoms. The van der Waals surface area contributed by atoms with Gasteiger partial charge in [-0.25, -0.2) is 0 Å². The van der Waals surface area contributed by atoms with Crippen molar-refractivity contribution in [1.29, 1.82) is 0 Å². The van der Waals surface area contributed by atoms with Gasteiger partial charge in [0.25, 0.3) is 5.91 Å². The maximum Gasteiger partial charge on any atom is 0.254 e. The number of amides is 1. The summed E-state index contributed by atoms with van der Waals surface area (Å²) in [6, 6.07) is 6.10. The number of pyridine rings is 1. The van der Waals surface area contributed by atoms with E-state index in [2.05, 4.69) is 41.1 Å². The van der Waals surface area contributed by atoms with Crippen molar-refractivity contribution in [3.63, 3.8) is 0 Å². The number of H-pyrrole nitrogens is 1. The predicted octanol–water partition coefficient (Wildman–Crippen LogP) is 4.00. The Kier molecular flexibility index (Phi) is 3.83. The lowest BCUT2D eigenvalue weighted by atomic mass is 9.77. The minimum atomic E-state index is 0.0458. The number of carbonyl (C=O) groups is 1. The molecule has 1 aliphatic heterocycles. The minimum Gasteiger partial charge on any atom is -0.338 e. The second-order valence-corrected chi connectivity index (χ2v) is 8.60. The van der Waals surface area contributed by atoms with Gasteiger partial charge in [0, 0.05) is 35.3 Å². The molecule has 3 heterocycles. The Hall–Kier alpha value is -2.69. The van der Waals surface area contributed by atoms with Crippen LogP contribution in [0.1, 0.15) is 57.7 Å². The van der Waals surface area contributed by atoms with Gasteiger partial charge in [-0.2, -0.15) is 5.10 Å². The lowest BCUT2D eigenvalue weighted by Gasteiger charge is -2.40. The van der Waals surface area contributed by atoms with Crippen molar-refractivity contribution >= 4 is 16.8 Å². The number of hydrogen-bond donors (Lipinski definition) is 1.